The Balaban J connectivity index is 2.96. The van der Waals surface area contributed by atoms with Crippen LogP contribution in [0.25, 0.3) is 0 Å². The zero-order valence-corrected chi connectivity index (χ0v) is 12.5. The van der Waals surface area contributed by atoms with Crippen LogP contribution < -0.4 is 11.1 Å². The average Bonchev–Trinajstić information content (AvgIpc) is 2.70. The van der Waals surface area contributed by atoms with Gasteiger partial charge in [0.15, 0.2) is 0 Å². The van der Waals surface area contributed by atoms with Gasteiger partial charge in [0.2, 0.25) is 5.91 Å². The zero-order valence-electron chi connectivity index (χ0n) is 11.7. The summed E-state index contributed by atoms with van der Waals surface area (Å²) in [5, 5.41) is 3.28. The van der Waals surface area contributed by atoms with E-state index >= 15 is 0 Å². The maximum Gasteiger partial charge on any atom is 0.341 e. The number of rotatable bonds is 5. The third kappa shape index (κ3) is 3.78. The molecule has 0 aliphatic rings. The second-order valence-corrected chi connectivity index (χ2v) is 6.12. The van der Waals surface area contributed by atoms with Gasteiger partial charge < -0.3 is 15.8 Å². The number of amides is 1. The molecule has 1 heterocycles. The summed E-state index contributed by atoms with van der Waals surface area (Å²) in [6.07, 6.45) is 0. The molecule has 0 unspecified atom stereocenters. The molecule has 5 nitrogen and oxygen atoms in total. The van der Waals surface area contributed by atoms with E-state index in [-0.39, 0.29) is 12.5 Å². The van der Waals surface area contributed by atoms with Gasteiger partial charge in [-0.2, -0.15) is 0 Å². The quantitative estimate of drug-likeness (QED) is 0.812. The summed E-state index contributed by atoms with van der Waals surface area (Å²) in [7, 11) is 0. The van der Waals surface area contributed by atoms with Gasteiger partial charge in [0, 0.05) is 11.4 Å². The monoisotopic (exact) mass is 284 g/mol. The van der Waals surface area contributed by atoms with Crippen LogP contribution in [0.4, 0.5) is 5.00 Å². The van der Waals surface area contributed by atoms with Crippen molar-refractivity contribution in [3.63, 3.8) is 0 Å². The molecule has 3 N–H and O–H groups in total. The van der Waals surface area contributed by atoms with Crippen LogP contribution in [-0.4, -0.2) is 25.0 Å². The highest BCUT2D eigenvalue weighted by Gasteiger charge is 2.28. The van der Waals surface area contributed by atoms with E-state index in [0.29, 0.717) is 17.2 Å². The van der Waals surface area contributed by atoms with E-state index in [4.69, 9.17) is 10.5 Å². The van der Waals surface area contributed by atoms with E-state index in [1.807, 2.05) is 6.92 Å². The summed E-state index contributed by atoms with van der Waals surface area (Å²) in [5.74, 6) is -0.630. The van der Waals surface area contributed by atoms with E-state index in [1.54, 1.807) is 26.8 Å². The minimum absolute atomic E-state index is 0.206. The largest absolute Gasteiger partial charge is 0.462 e. The Labute approximate surface area is 117 Å². The van der Waals surface area contributed by atoms with Crippen LogP contribution in [0.5, 0.6) is 0 Å². The summed E-state index contributed by atoms with van der Waals surface area (Å²) >= 11 is 1.35. The van der Waals surface area contributed by atoms with Gasteiger partial charge in [-0.15, -0.1) is 11.3 Å². The summed E-state index contributed by atoms with van der Waals surface area (Å²) < 4.78 is 4.97. The Kier molecular flexibility index (Phi) is 5.08. The van der Waals surface area contributed by atoms with Crippen LogP contribution in [0.2, 0.25) is 0 Å². The molecule has 0 aromatic carbocycles. The fourth-order valence-electron chi connectivity index (χ4n) is 1.33. The first-order chi connectivity index (χ1) is 8.81. The molecule has 1 amide bonds. The summed E-state index contributed by atoms with van der Waals surface area (Å²) in [5.41, 5.74) is 5.28. The van der Waals surface area contributed by atoms with Gasteiger partial charge in [0.25, 0.3) is 0 Å². The summed E-state index contributed by atoms with van der Waals surface area (Å²) in [6, 6.07) is 1.72. The third-order valence-electron chi connectivity index (χ3n) is 2.70. The number of ether oxygens (including phenoxy) is 1. The molecule has 0 radical (unpaired) electrons. The van der Waals surface area contributed by atoms with Crippen molar-refractivity contribution in [3.05, 3.63) is 16.5 Å². The highest BCUT2D eigenvalue weighted by Crippen LogP contribution is 2.29. The molecule has 0 spiro atoms. The second kappa shape index (κ2) is 6.16. The normalized spacial score (nSPS) is 11.2. The highest BCUT2D eigenvalue weighted by atomic mass is 32.1. The maximum atomic E-state index is 12.1. The topological polar surface area (TPSA) is 81.4 Å². The number of nitrogens with two attached hydrogens (primary N) is 1. The van der Waals surface area contributed by atoms with Crippen molar-refractivity contribution in [2.24, 2.45) is 11.1 Å². The molecule has 106 valence electrons. The molecule has 0 saturated heterocycles. The Bertz CT molecular complexity index is 480. The lowest BCUT2D eigenvalue weighted by molar-refractivity contribution is -0.123. The van der Waals surface area contributed by atoms with Crippen molar-refractivity contribution in [2.75, 3.05) is 18.5 Å². The highest BCUT2D eigenvalue weighted by molar-refractivity contribution is 7.16. The minimum atomic E-state index is -0.677. The van der Waals surface area contributed by atoms with Crippen LogP contribution in [0.15, 0.2) is 6.07 Å². The first-order valence-corrected chi connectivity index (χ1v) is 6.92. The average molecular weight is 284 g/mol. The van der Waals surface area contributed by atoms with Crippen LogP contribution in [0.3, 0.4) is 0 Å². The standard InChI is InChI=1S/C13H20N2O3S/c1-5-18-11(16)9-6-8(2)19-10(9)15-12(17)13(3,4)7-14/h6H,5,7,14H2,1-4H3,(H,15,17). The lowest BCUT2D eigenvalue weighted by atomic mass is 9.93. The van der Waals surface area contributed by atoms with Crippen molar-refractivity contribution in [1.82, 2.24) is 0 Å². The number of anilines is 1. The summed E-state index contributed by atoms with van der Waals surface area (Å²) in [4.78, 5) is 24.8. The van der Waals surface area contributed by atoms with Gasteiger partial charge in [0.05, 0.1) is 17.6 Å². The Hall–Kier alpha value is -1.40. The molecule has 1 aromatic heterocycles. The molecule has 1 rings (SSSR count). The van der Waals surface area contributed by atoms with Gasteiger partial charge in [-0.3, -0.25) is 4.79 Å². The molecule has 0 atom stereocenters. The van der Waals surface area contributed by atoms with Crippen LogP contribution in [0.1, 0.15) is 36.0 Å². The van der Waals surface area contributed by atoms with Gasteiger partial charge in [0.1, 0.15) is 5.00 Å². The first kappa shape index (κ1) is 15.7. The first-order valence-electron chi connectivity index (χ1n) is 6.11. The lowest BCUT2D eigenvalue weighted by Gasteiger charge is -2.20. The molecule has 1 aromatic rings. The van der Waals surface area contributed by atoms with E-state index in [0.717, 1.165) is 4.88 Å². The Morgan fingerprint density at radius 1 is 1.47 bits per heavy atom. The molecule has 0 aliphatic carbocycles. The third-order valence-corrected chi connectivity index (χ3v) is 3.67. The number of hydrogen-bond donors (Lipinski definition) is 2. The molecule has 6 heteroatoms. The van der Waals surface area contributed by atoms with Gasteiger partial charge >= 0.3 is 5.97 Å². The number of esters is 1. The van der Waals surface area contributed by atoms with E-state index in [1.165, 1.54) is 11.3 Å². The second-order valence-electron chi connectivity index (χ2n) is 4.86. The maximum absolute atomic E-state index is 12.1. The van der Waals surface area contributed by atoms with Crippen LogP contribution >= 0.6 is 11.3 Å². The van der Waals surface area contributed by atoms with Gasteiger partial charge in [-0.25, -0.2) is 4.79 Å². The van der Waals surface area contributed by atoms with Crippen molar-refractivity contribution < 1.29 is 14.3 Å². The fraction of sp³-hybridized carbons (Fsp3) is 0.538. The molecular weight excluding hydrogens is 264 g/mol. The Morgan fingerprint density at radius 2 is 2.11 bits per heavy atom. The van der Waals surface area contributed by atoms with E-state index < -0.39 is 11.4 Å². The number of aryl methyl sites for hydroxylation is 1. The predicted molar refractivity (Wildman–Crippen MR) is 76.5 cm³/mol. The van der Waals surface area contributed by atoms with Gasteiger partial charge in [-0.05, 0) is 33.8 Å². The van der Waals surface area contributed by atoms with Gasteiger partial charge in [-0.1, -0.05) is 0 Å². The SMILES string of the molecule is CCOC(=O)c1cc(C)sc1NC(=O)C(C)(C)CN. The number of carbonyl (C=O) groups is 2. The lowest BCUT2D eigenvalue weighted by Crippen LogP contribution is -2.37. The number of nitrogens with one attached hydrogen (secondary N) is 1. The smallest absolute Gasteiger partial charge is 0.341 e. The zero-order chi connectivity index (χ0) is 14.6. The van der Waals surface area contributed by atoms with Crippen molar-refractivity contribution in [2.45, 2.75) is 27.7 Å². The molecule has 0 fully saturated rings. The minimum Gasteiger partial charge on any atom is -0.462 e. The molecular formula is C13H20N2O3S. The molecule has 0 bridgehead atoms. The van der Waals surface area contributed by atoms with E-state index in [2.05, 4.69) is 5.32 Å². The number of hydrogen-bond acceptors (Lipinski definition) is 5. The van der Waals surface area contributed by atoms with Crippen molar-refractivity contribution in [3.8, 4) is 0 Å². The van der Waals surface area contributed by atoms with Crippen molar-refractivity contribution >= 4 is 28.2 Å². The van der Waals surface area contributed by atoms with Crippen LogP contribution in [-0.2, 0) is 9.53 Å². The van der Waals surface area contributed by atoms with Crippen LogP contribution in [0, 0.1) is 12.3 Å². The summed E-state index contributed by atoms with van der Waals surface area (Å²) in [6.45, 7) is 7.66. The molecule has 0 aliphatic heterocycles. The molecule has 0 saturated carbocycles. The van der Waals surface area contributed by atoms with Crippen molar-refractivity contribution in [1.29, 1.82) is 0 Å². The number of carbonyl (C=O) groups excluding carboxylic acids is 2. The Morgan fingerprint density at radius 3 is 2.63 bits per heavy atom. The predicted octanol–water partition coefficient (Wildman–Crippen LogP) is 2.16. The van der Waals surface area contributed by atoms with E-state index in [9.17, 15) is 9.59 Å². The fourth-order valence-corrected chi connectivity index (χ4v) is 2.23. The number of thiophene rings is 1. The molecule has 19 heavy (non-hydrogen) atoms.